The van der Waals surface area contributed by atoms with Crippen LogP contribution >= 0.6 is 0 Å². The number of ether oxygens (including phenoxy) is 1. The van der Waals surface area contributed by atoms with E-state index in [1.54, 1.807) is 0 Å². The molecule has 0 aromatic rings. The van der Waals surface area contributed by atoms with Crippen molar-refractivity contribution in [3.05, 3.63) is 0 Å². The third-order valence-corrected chi connectivity index (χ3v) is 3.28. The number of nitrogens with zero attached hydrogens (tertiary/aromatic N) is 1. The molecule has 14 heavy (non-hydrogen) atoms. The van der Waals surface area contributed by atoms with Gasteiger partial charge in [-0.15, -0.1) is 0 Å². The maximum Gasteiger partial charge on any atom is 0.234 e. The zero-order valence-electron chi connectivity index (χ0n) is 8.45. The van der Waals surface area contributed by atoms with Gasteiger partial charge >= 0.3 is 0 Å². The highest BCUT2D eigenvalue weighted by atomic mass is 16.5. The summed E-state index contributed by atoms with van der Waals surface area (Å²) in [5.74, 6) is -0.158. The summed E-state index contributed by atoms with van der Waals surface area (Å²) in [4.78, 5) is 13.5. The number of primary amides is 1. The van der Waals surface area contributed by atoms with Crippen molar-refractivity contribution in [1.82, 2.24) is 4.90 Å². The normalized spacial score (nSPS) is 30.7. The van der Waals surface area contributed by atoms with E-state index >= 15 is 0 Å². The molecule has 0 aromatic heterocycles. The number of carbonyl (C=O) groups excluding carboxylic acids is 1. The number of hydrogen-bond acceptors (Lipinski definition) is 3. The summed E-state index contributed by atoms with van der Waals surface area (Å²) in [5, 5.41) is 0. The van der Waals surface area contributed by atoms with Gasteiger partial charge in [-0.1, -0.05) is 0 Å². The van der Waals surface area contributed by atoms with E-state index in [9.17, 15) is 4.79 Å². The molecule has 1 amide bonds. The van der Waals surface area contributed by atoms with Crippen molar-refractivity contribution in [3.8, 4) is 0 Å². The Hall–Kier alpha value is -0.610. The molecule has 0 spiro atoms. The van der Waals surface area contributed by atoms with Gasteiger partial charge in [0.15, 0.2) is 0 Å². The average molecular weight is 198 g/mol. The van der Waals surface area contributed by atoms with E-state index in [0.717, 1.165) is 45.4 Å². The standard InChI is InChI=1S/C10H18N2O2/c11-10(13)9-2-1-5-12(9)8-3-6-14-7-4-8/h8-9H,1-7H2,(H2,11,13)/t9-/m1/s1. The average Bonchev–Trinajstić information content (AvgIpc) is 2.67. The van der Waals surface area contributed by atoms with Gasteiger partial charge in [0.25, 0.3) is 0 Å². The van der Waals surface area contributed by atoms with E-state index in [4.69, 9.17) is 10.5 Å². The summed E-state index contributed by atoms with van der Waals surface area (Å²) in [6, 6.07) is 0.502. The Labute approximate surface area is 84.4 Å². The topological polar surface area (TPSA) is 55.6 Å². The molecule has 0 unspecified atom stereocenters. The molecular weight excluding hydrogens is 180 g/mol. The zero-order valence-corrected chi connectivity index (χ0v) is 8.45. The molecule has 0 radical (unpaired) electrons. The minimum atomic E-state index is -0.158. The molecule has 80 valence electrons. The van der Waals surface area contributed by atoms with Crippen molar-refractivity contribution < 1.29 is 9.53 Å². The first-order chi connectivity index (χ1) is 6.79. The van der Waals surface area contributed by atoms with Gasteiger partial charge in [-0.2, -0.15) is 0 Å². The molecule has 1 atom stereocenters. The maximum atomic E-state index is 11.2. The van der Waals surface area contributed by atoms with Crippen LogP contribution in [0.1, 0.15) is 25.7 Å². The zero-order chi connectivity index (χ0) is 9.97. The number of carbonyl (C=O) groups is 1. The molecule has 2 N–H and O–H groups in total. The van der Waals surface area contributed by atoms with E-state index in [-0.39, 0.29) is 11.9 Å². The molecule has 0 saturated carbocycles. The van der Waals surface area contributed by atoms with Crippen molar-refractivity contribution in [1.29, 1.82) is 0 Å². The lowest BCUT2D eigenvalue weighted by Crippen LogP contribution is -2.47. The minimum Gasteiger partial charge on any atom is -0.381 e. The number of likely N-dealkylation sites (tertiary alicyclic amines) is 1. The smallest absolute Gasteiger partial charge is 0.234 e. The van der Waals surface area contributed by atoms with E-state index in [0.29, 0.717) is 6.04 Å². The fourth-order valence-corrected chi connectivity index (χ4v) is 2.55. The van der Waals surface area contributed by atoms with Crippen molar-refractivity contribution in [2.75, 3.05) is 19.8 Å². The molecule has 0 bridgehead atoms. The molecule has 0 aliphatic carbocycles. The van der Waals surface area contributed by atoms with Crippen LogP contribution in [0.5, 0.6) is 0 Å². The second-order valence-corrected chi connectivity index (χ2v) is 4.14. The number of rotatable bonds is 2. The van der Waals surface area contributed by atoms with Crippen LogP contribution in [-0.2, 0) is 9.53 Å². The second-order valence-electron chi connectivity index (χ2n) is 4.14. The van der Waals surface area contributed by atoms with Gasteiger partial charge in [-0.3, -0.25) is 9.69 Å². The maximum absolute atomic E-state index is 11.2. The third-order valence-electron chi connectivity index (χ3n) is 3.28. The van der Waals surface area contributed by atoms with Crippen LogP contribution in [0.4, 0.5) is 0 Å². The van der Waals surface area contributed by atoms with Gasteiger partial charge < -0.3 is 10.5 Å². The Kier molecular flexibility index (Phi) is 3.03. The van der Waals surface area contributed by atoms with Gasteiger partial charge in [0.05, 0.1) is 6.04 Å². The highest BCUT2D eigenvalue weighted by Gasteiger charge is 2.34. The molecule has 2 saturated heterocycles. The summed E-state index contributed by atoms with van der Waals surface area (Å²) < 4.78 is 5.31. The third kappa shape index (κ3) is 1.91. The Morgan fingerprint density at radius 1 is 1.29 bits per heavy atom. The Morgan fingerprint density at radius 2 is 2.00 bits per heavy atom. The van der Waals surface area contributed by atoms with Crippen LogP contribution in [0.3, 0.4) is 0 Å². The SMILES string of the molecule is NC(=O)[C@H]1CCCN1C1CCOCC1. The van der Waals surface area contributed by atoms with E-state index in [2.05, 4.69) is 4.90 Å². The van der Waals surface area contributed by atoms with Crippen LogP contribution in [0, 0.1) is 0 Å². The Bertz CT molecular complexity index is 214. The molecule has 2 heterocycles. The monoisotopic (exact) mass is 198 g/mol. The number of hydrogen-bond donors (Lipinski definition) is 1. The van der Waals surface area contributed by atoms with Crippen LogP contribution in [-0.4, -0.2) is 42.6 Å². The predicted molar refractivity (Wildman–Crippen MR) is 52.8 cm³/mol. The molecule has 2 rings (SSSR count). The lowest BCUT2D eigenvalue weighted by atomic mass is 10.1. The fourth-order valence-electron chi connectivity index (χ4n) is 2.55. The first-order valence-corrected chi connectivity index (χ1v) is 5.42. The van der Waals surface area contributed by atoms with Crippen molar-refractivity contribution in [3.63, 3.8) is 0 Å². The highest BCUT2D eigenvalue weighted by Crippen LogP contribution is 2.24. The van der Waals surface area contributed by atoms with E-state index in [1.807, 2.05) is 0 Å². The molecule has 2 fully saturated rings. The second kappa shape index (κ2) is 4.28. The predicted octanol–water partition coefficient (Wildman–Crippen LogP) is 0.115. The van der Waals surface area contributed by atoms with E-state index in [1.165, 1.54) is 0 Å². The summed E-state index contributed by atoms with van der Waals surface area (Å²) in [7, 11) is 0. The summed E-state index contributed by atoms with van der Waals surface area (Å²) in [6.45, 7) is 2.68. The molecular formula is C10H18N2O2. The van der Waals surface area contributed by atoms with Crippen molar-refractivity contribution in [2.24, 2.45) is 5.73 Å². The first-order valence-electron chi connectivity index (χ1n) is 5.42. The van der Waals surface area contributed by atoms with E-state index < -0.39 is 0 Å². The summed E-state index contributed by atoms with van der Waals surface area (Å²) >= 11 is 0. The number of nitrogens with two attached hydrogens (primary N) is 1. The first kappa shape index (κ1) is 9.93. The molecule has 4 nitrogen and oxygen atoms in total. The quantitative estimate of drug-likeness (QED) is 0.685. The molecule has 4 heteroatoms. The highest BCUT2D eigenvalue weighted by molar-refractivity contribution is 5.80. The minimum absolute atomic E-state index is 0.0156. The van der Waals surface area contributed by atoms with Crippen molar-refractivity contribution >= 4 is 5.91 Å². The van der Waals surface area contributed by atoms with Gasteiger partial charge in [0.2, 0.25) is 5.91 Å². The van der Waals surface area contributed by atoms with Crippen molar-refractivity contribution in [2.45, 2.75) is 37.8 Å². The number of amides is 1. The van der Waals surface area contributed by atoms with Crippen LogP contribution in [0.15, 0.2) is 0 Å². The Morgan fingerprint density at radius 3 is 2.64 bits per heavy atom. The van der Waals surface area contributed by atoms with Gasteiger partial charge in [-0.25, -0.2) is 0 Å². The fraction of sp³-hybridized carbons (Fsp3) is 0.900. The van der Waals surface area contributed by atoms with Gasteiger partial charge in [-0.05, 0) is 32.2 Å². The van der Waals surface area contributed by atoms with Gasteiger partial charge in [0, 0.05) is 19.3 Å². The molecule has 2 aliphatic rings. The lowest BCUT2D eigenvalue weighted by molar-refractivity contribution is -0.123. The lowest BCUT2D eigenvalue weighted by Gasteiger charge is -2.34. The van der Waals surface area contributed by atoms with Gasteiger partial charge in [0.1, 0.15) is 0 Å². The molecule has 0 aromatic carbocycles. The summed E-state index contributed by atoms with van der Waals surface area (Å²) in [6.07, 6.45) is 4.13. The van der Waals surface area contributed by atoms with Crippen LogP contribution in [0.25, 0.3) is 0 Å². The van der Waals surface area contributed by atoms with Crippen LogP contribution in [0.2, 0.25) is 0 Å². The van der Waals surface area contributed by atoms with Crippen LogP contribution < -0.4 is 5.73 Å². The largest absolute Gasteiger partial charge is 0.381 e. The summed E-state index contributed by atoms with van der Waals surface area (Å²) in [5.41, 5.74) is 5.38. The Balaban J connectivity index is 1.97. The molecule has 2 aliphatic heterocycles.